The molecule has 0 saturated carbocycles. The molecule has 0 bridgehead atoms. The van der Waals surface area contributed by atoms with E-state index in [1.54, 1.807) is 11.3 Å². The molecule has 1 atom stereocenters. The van der Waals surface area contributed by atoms with Crippen LogP contribution in [0.3, 0.4) is 0 Å². The van der Waals surface area contributed by atoms with Crippen LogP contribution in [-0.2, 0) is 12.1 Å². The Kier molecular flexibility index (Phi) is 4.01. The van der Waals surface area contributed by atoms with Gasteiger partial charge in [0.25, 0.3) is 0 Å². The Morgan fingerprint density at radius 1 is 1.28 bits per heavy atom. The zero-order valence-corrected chi connectivity index (χ0v) is 11.2. The van der Waals surface area contributed by atoms with Crippen LogP contribution < -0.4 is 11.1 Å². The van der Waals surface area contributed by atoms with Crippen molar-refractivity contribution in [3.63, 3.8) is 0 Å². The molecule has 2 rings (SSSR count). The SMILES string of the molecule is CC(CO)(NCc1sccc1N)c1ccccc1. The maximum absolute atomic E-state index is 9.65. The second-order valence-corrected chi connectivity index (χ2v) is 5.51. The summed E-state index contributed by atoms with van der Waals surface area (Å²) in [5.74, 6) is 0. The molecular weight excluding hydrogens is 244 g/mol. The first kappa shape index (κ1) is 13.1. The zero-order valence-electron chi connectivity index (χ0n) is 10.4. The van der Waals surface area contributed by atoms with Gasteiger partial charge in [-0.3, -0.25) is 0 Å². The van der Waals surface area contributed by atoms with Crippen molar-refractivity contribution < 1.29 is 5.11 Å². The van der Waals surface area contributed by atoms with Crippen molar-refractivity contribution in [2.75, 3.05) is 12.3 Å². The second kappa shape index (κ2) is 5.52. The minimum atomic E-state index is -0.447. The maximum atomic E-state index is 9.65. The van der Waals surface area contributed by atoms with Crippen molar-refractivity contribution in [1.29, 1.82) is 0 Å². The van der Waals surface area contributed by atoms with E-state index in [4.69, 9.17) is 5.73 Å². The van der Waals surface area contributed by atoms with Crippen LogP contribution in [0.15, 0.2) is 41.8 Å². The highest BCUT2D eigenvalue weighted by molar-refractivity contribution is 7.10. The summed E-state index contributed by atoms with van der Waals surface area (Å²) in [6, 6.07) is 11.9. The van der Waals surface area contributed by atoms with Crippen LogP contribution in [0, 0.1) is 0 Å². The predicted octanol–water partition coefficient (Wildman–Crippen LogP) is 2.33. The van der Waals surface area contributed by atoms with Gasteiger partial charge >= 0.3 is 0 Å². The Bertz CT molecular complexity index is 498. The van der Waals surface area contributed by atoms with Crippen LogP contribution >= 0.6 is 11.3 Å². The number of hydrogen-bond acceptors (Lipinski definition) is 4. The molecule has 0 aliphatic rings. The first-order valence-electron chi connectivity index (χ1n) is 5.89. The van der Waals surface area contributed by atoms with E-state index in [1.807, 2.05) is 48.7 Å². The Morgan fingerprint density at radius 2 is 2.00 bits per heavy atom. The molecule has 0 fully saturated rings. The molecule has 1 aromatic carbocycles. The summed E-state index contributed by atoms with van der Waals surface area (Å²) >= 11 is 1.63. The van der Waals surface area contributed by atoms with Crippen LogP contribution in [0.5, 0.6) is 0 Å². The lowest BCUT2D eigenvalue weighted by molar-refractivity contribution is 0.174. The molecule has 0 spiro atoms. The van der Waals surface area contributed by atoms with Crippen LogP contribution in [0.4, 0.5) is 5.69 Å². The highest BCUT2D eigenvalue weighted by Gasteiger charge is 2.25. The lowest BCUT2D eigenvalue weighted by atomic mass is 9.93. The van der Waals surface area contributed by atoms with Gasteiger partial charge in [-0.2, -0.15) is 0 Å². The smallest absolute Gasteiger partial charge is 0.0652 e. The molecule has 4 heteroatoms. The fourth-order valence-electron chi connectivity index (χ4n) is 1.82. The van der Waals surface area contributed by atoms with Gasteiger partial charge < -0.3 is 16.2 Å². The fourth-order valence-corrected chi connectivity index (χ4v) is 2.56. The molecule has 4 N–H and O–H groups in total. The first-order chi connectivity index (χ1) is 8.65. The molecule has 0 aliphatic heterocycles. The van der Waals surface area contributed by atoms with Gasteiger partial charge in [-0.05, 0) is 23.9 Å². The number of hydrogen-bond donors (Lipinski definition) is 3. The summed E-state index contributed by atoms with van der Waals surface area (Å²) < 4.78 is 0. The van der Waals surface area contributed by atoms with E-state index >= 15 is 0 Å². The molecule has 3 nitrogen and oxygen atoms in total. The Morgan fingerprint density at radius 3 is 2.56 bits per heavy atom. The Hall–Kier alpha value is -1.36. The van der Waals surface area contributed by atoms with E-state index in [9.17, 15) is 5.11 Å². The summed E-state index contributed by atoms with van der Waals surface area (Å²) in [5, 5.41) is 15.0. The third kappa shape index (κ3) is 2.72. The zero-order chi connectivity index (χ0) is 13.0. The second-order valence-electron chi connectivity index (χ2n) is 4.51. The van der Waals surface area contributed by atoms with E-state index in [0.717, 1.165) is 16.1 Å². The molecule has 1 unspecified atom stereocenters. The van der Waals surface area contributed by atoms with Crippen LogP contribution in [0.25, 0.3) is 0 Å². The molecule has 0 aliphatic carbocycles. The van der Waals surface area contributed by atoms with E-state index in [-0.39, 0.29) is 6.61 Å². The Balaban J connectivity index is 2.12. The number of benzene rings is 1. The molecular formula is C14H18N2OS. The maximum Gasteiger partial charge on any atom is 0.0652 e. The number of nitrogens with two attached hydrogens (primary N) is 1. The van der Waals surface area contributed by atoms with Gasteiger partial charge in [0.15, 0.2) is 0 Å². The van der Waals surface area contributed by atoms with Crippen molar-refractivity contribution in [2.45, 2.75) is 19.0 Å². The summed E-state index contributed by atoms with van der Waals surface area (Å²) in [6.07, 6.45) is 0. The molecule has 2 aromatic rings. The topological polar surface area (TPSA) is 58.3 Å². The molecule has 0 radical (unpaired) electrons. The number of anilines is 1. The molecule has 1 aromatic heterocycles. The van der Waals surface area contributed by atoms with Gasteiger partial charge in [0, 0.05) is 17.1 Å². The number of aliphatic hydroxyl groups excluding tert-OH is 1. The van der Waals surface area contributed by atoms with Gasteiger partial charge in [0.1, 0.15) is 0 Å². The van der Waals surface area contributed by atoms with Crippen molar-refractivity contribution in [3.05, 3.63) is 52.2 Å². The number of rotatable bonds is 5. The average molecular weight is 262 g/mol. The van der Waals surface area contributed by atoms with E-state index in [0.29, 0.717) is 6.54 Å². The lowest BCUT2D eigenvalue weighted by Gasteiger charge is -2.29. The van der Waals surface area contributed by atoms with Gasteiger partial charge in [-0.15, -0.1) is 11.3 Å². The monoisotopic (exact) mass is 262 g/mol. The van der Waals surface area contributed by atoms with Crippen molar-refractivity contribution >= 4 is 17.0 Å². The standard InChI is InChI=1S/C14H18N2OS/c1-14(10-17,11-5-3-2-4-6-11)16-9-13-12(15)7-8-18-13/h2-8,16-17H,9-10,15H2,1H3. The van der Waals surface area contributed by atoms with Gasteiger partial charge in [-0.25, -0.2) is 0 Å². The third-order valence-electron chi connectivity index (χ3n) is 3.15. The van der Waals surface area contributed by atoms with Gasteiger partial charge in [0.05, 0.1) is 12.1 Å². The summed E-state index contributed by atoms with van der Waals surface area (Å²) in [4.78, 5) is 1.10. The van der Waals surface area contributed by atoms with Crippen molar-refractivity contribution in [2.24, 2.45) is 0 Å². The molecule has 1 heterocycles. The van der Waals surface area contributed by atoms with Crippen molar-refractivity contribution in [1.82, 2.24) is 5.32 Å². The Labute approximate surface area is 111 Å². The molecule has 96 valence electrons. The minimum absolute atomic E-state index is 0.0439. The molecule has 18 heavy (non-hydrogen) atoms. The normalized spacial score (nSPS) is 14.3. The number of thiophene rings is 1. The first-order valence-corrected chi connectivity index (χ1v) is 6.77. The quantitative estimate of drug-likeness (QED) is 0.775. The lowest BCUT2D eigenvalue weighted by Crippen LogP contribution is -2.42. The number of nitrogens with one attached hydrogen (secondary N) is 1. The van der Waals surface area contributed by atoms with E-state index < -0.39 is 5.54 Å². The molecule has 0 saturated heterocycles. The molecule has 0 amide bonds. The summed E-state index contributed by atoms with van der Waals surface area (Å²) in [6.45, 7) is 2.70. The summed E-state index contributed by atoms with van der Waals surface area (Å²) in [5.41, 5.74) is 7.29. The van der Waals surface area contributed by atoms with E-state index in [2.05, 4.69) is 5.32 Å². The van der Waals surface area contributed by atoms with Crippen LogP contribution in [0.2, 0.25) is 0 Å². The predicted molar refractivity (Wildman–Crippen MR) is 76.5 cm³/mol. The van der Waals surface area contributed by atoms with Crippen LogP contribution in [-0.4, -0.2) is 11.7 Å². The highest BCUT2D eigenvalue weighted by Crippen LogP contribution is 2.23. The van der Waals surface area contributed by atoms with Crippen LogP contribution in [0.1, 0.15) is 17.4 Å². The largest absolute Gasteiger partial charge is 0.398 e. The van der Waals surface area contributed by atoms with Crippen molar-refractivity contribution in [3.8, 4) is 0 Å². The van der Waals surface area contributed by atoms with Gasteiger partial charge in [-0.1, -0.05) is 30.3 Å². The highest BCUT2D eigenvalue weighted by atomic mass is 32.1. The summed E-state index contributed by atoms with van der Waals surface area (Å²) in [7, 11) is 0. The number of aliphatic hydroxyl groups is 1. The van der Waals surface area contributed by atoms with E-state index in [1.165, 1.54) is 0 Å². The third-order valence-corrected chi connectivity index (χ3v) is 4.08. The van der Waals surface area contributed by atoms with Gasteiger partial charge in [0.2, 0.25) is 0 Å². The average Bonchev–Trinajstić information content (AvgIpc) is 2.83. The minimum Gasteiger partial charge on any atom is -0.398 e. The fraction of sp³-hybridized carbons (Fsp3) is 0.286. The number of nitrogen functional groups attached to an aromatic ring is 1.